The van der Waals surface area contributed by atoms with Gasteiger partial charge in [-0.2, -0.15) is 0 Å². The van der Waals surface area contributed by atoms with Crippen molar-refractivity contribution in [2.75, 3.05) is 0 Å². The molecule has 0 saturated heterocycles. The molecule has 1 heteroatoms. The van der Waals surface area contributed by atoms with Gasteiger partial charge in [0.1, 0.15) is 0 Å². The zero-order chi connectivity index (χ0) is 9.47. The van der Waals surface area contributed by atoms with E-state index >= 15 is 0 Å². The van der Waals surface area contributed by atoms with Gasteiger partial charge < -0.3 is 5.11 Å². The zero-order valence-electron chi connectivity index (χ0n) is 7.99. The molecule has 1 N–H and O–H groups in total. The Labute approximate surface area is 78.7 Å². The van der Waals surface area contributed by atoms with Crippen LogP contribution in [0.1, 0.15) is 25.3 Å². The van der Waals surface area contributed by atoms with Crippen molar-refractivity contribution in [2.45, 2.75) is 25.4 Å². The quantitative estimate of drug-likeness (QED) is 0.683. The van der Waals surface area contributed by atoms with E-state index in [1.54, 1.807) is 0 Å². The molecule has 0 fully saturated rings. The van der Waals surface area contributed by atoms with Crippen molar-refractivity contribution in [3.05, 3.63) is 47.5 Å². The van der Waals surface area contributed by atoms with Crippen LogP contribution in [-0.2, 0) is 0 Å². The Morgan fingerprint density at radius 2 is 1.77 bits per heavy atom. The van der Waals surface area contributed by atoms with Crippen LogP contribution in [0.3, 0.4) is 0 Å². The second kappa shape index (κ2) is 2.71. The van der Waals surface area contributed by atoms with E-state index in [-0.39, 0.29) is 0 Å². The summed E-state index contributed by atoms with van der Waals surface area (Å²) in [5, 5.41) is 9.72. The van der Waals surface area contributed by atoms with Gasteiger partial charge in [0.15, 0.2) is 0 Å². The van der Waals surface area contributed by atoms with Crippen LogP contribution in [0.15, 0.2) is 42.0 Å². The van der Waals surface area contributed by atoms with Crippen LogP contribution in [0.4, 0.5) is 0 Å². The summed E-state index contributed by atoms with van der Waals surface area (Å²) in [4.78, 5) is 0. The van der Waals surface area contributed by atoms with Crippen LogP contribution < -0.4 is 0 Å². The first kappa shape index (κ1) is 8.52. The Morgan fingerprint density at radius 3 is 2.23 bits per heavy atom. The van der Waals surface area contributed by atoms with E-state index in [2.05, 4.69) is 18.2 Å². The topological polar surface area (TPSA) is 20.2 Å². The lowest BCUT2D eigenvalue weighted by atomic mass is 9.99. The lowest BCUT2D eigenvalue weighted by Gasteiger charge is -2.15. The summed E-state index contributed by atoms with van der Waals surface area (Å²) in [5.41, 5.74) is 1.76. The molecule has 0 radical (unpaired) electrons. The predicted molar refractivity (Wildman–Crippen MR) is 53.6 cm³/mol. The highest BCUT2D eigenvalue weighted by atomic mass is 16.3. The summed E-state index contributed by atoms with van der Waals surface area (Å²) in [7, 11) is 0. The maximum Gasteiger partial charge on any atom is 0.0810 e. The first-order chi connectivity index (χ1) is 6.09. The molecular weight excluding hydrogens is 160 g/mol. The standard InChI is InChI=1S/C12H14O/c1-12(2,13)11-8-10(11)9-6-4-3-5-7-9/h3-8,10,13H,1-2H3/t10-/m0/s1. The average Bonchev–Trinajstić information content (AvgIpc) is 2.83. The Balaban J connectivity index is 2.12. The summed E-state index contributed by atoms with van der Waals surface area (Å²) >= 11 is 0. The summed E-state index contributed by atoms with van der Waals surface area (Å²) in [6.45, 7) is 3.67. The first-order valence-corrected chi connectivity index (χ1v) is 4.58. The minimum absolute atomic E-state index is 0.376. The van der Waals surface area contributed by atoms with E-state index in [1.165, 1.54) is 5.56 Å². The largest absolute Gasteiger partial charge is 0.386 e. The smallest absolute Gasteiger partial charge is 0.0810 e. The van der Waals surface area contributed by atoms with Crippen LogP contribution in [-0.4, -0.2) is 10.7 Å². The predicted octanol–water partition coefficient (Wildman–Crippen LogP) is 2.48. The molecule has 1 aromatic rings. The second-order valence-electron chi connectivity index (χ2n) is 4.07. The number of hydrogen-bond acceptors (Lipinski definition) is 1. The average molecular weight is 174 g/mol. The monoisotopic (exact) mass is 174 g/mol. The van der Waals surface area contributed by atoms with Gasteiger partial charge in [-0.25, -0.2) is 0 Å². The molecule has 0 spiro atoms. The van der Waals surface area contributed by atoms with Crippen LogP contribution in [0.25, 0.3) is 0 Å². The van der Waals surface area contributed by atoms with E-state index < -0.39 is 5.60 Å². The fraction of sp³-hybridized carbons (Fsp3) is 0.333. The van der Waals surface area contributed by atoms with Crippen LogP contribution in [0, 0.1) is 0 Å². The third kappa shape index (κ3) is 1.65. The molecule has 0 saturated carbocycles. The van der Waals surface area contributed by atoms with E-state index in [0.717, 1.165) is 5.57 Å². The summed E-state index contributed by atoms with van der Waals surface area (Å²) in [6.07, 6.45) is 2.12. The van der Waals surface area contributed by atoms with Gasteiger partial charge in [0.05, 0.1) is 5.60 Å². The molecule has 0 heterocycles. The van der Waals surface area contributed by atoms with Crippen molar-refractivity contribution in [3.8, 4) is 0 Å². The van der Waals surface area contributed by atoms with Crippen LogP contribution >= 0.6 is 0 Å². The minimum Gasteiger partial charge on any atom is -0.386 e. The number of allylic oxidation sites excluding steroid dienone is 1. The third-order valence-electron chi connectivity index (χ3n) is 2.44. The maximum absolute atomic E-state index is 9.72. The molecule has 68 valence electrons. The SMILES string of the molecule is CC(C)(O)C1=C[C@H]1c1ccccc1. The Hall–Kier alpha value is -1.08. The highest BCUT2D eigenvalue weighted by Crippen LogP contribution is 2.45. The summed E-state index contributed by atoms with van der Waals surface area (Å²) < 4.78 is 0. The molecule has 1 aromatic carbocycles. The molecule has 0 aromatic heterocycles. The molecule has 0 amide bonds. The summed E-state index contributed by atoms with van der Waals surface area (Å²) in [5.74, 6) is 0.376. The molecule has 2 rings (SSSR count). The molecule has 1 aliphatic rings. The van der Waals surface area contributed by atoms with Crippen molar-refractivity contribution < 1.29 is 5.11 Å². The zero-order valence-corrected chi connectivity index (χ0v) is 7.99. The van der Waals surface area contributed by atoms with Gasteiger partial charge in [0.25, 0.3) is 0 Å². The Kier molecular flexibility index (Phi) is 1.77. The normalized spacial score (nSPS) is 21.2. The number of benzene rings is 1. The van der Waals surface area contributed by atoms with Gasteiger partial charge >= 0.3 is 0 Å². The van der Waals surface area contributed by atoms with Crippen LogP contribution in [0.5, 0.6) is 0 Å². The molecule has 1 atom stereocenters. The second-order valence-corrected chi connectivity index (χ2v) is 4.07. The highest BCUT2D eigenvalue weighted by Gasteiger charge is 2.36. The van der Waals surface area contributed by atoms with E-state index in [4.69, 9.17) is 0 Å². The van der Waals surface area contributed by atoms with Crippen molar-refractivity contribution in [1.82, 2.24) is 0 Å². The fourth-order valence-corrected chi connectivity index (χ4v) is 1.65. The molecule has 0 bridgehead atoms. The van der Waals surface area contributed by atoms with Crippen molar-refractivity contribution >= 4 is 0 Å². The molecule has 0 unspecified atom stereocenters. The number of hydrogen-bond donors (Lipinski definition) is 1. The summed E-state index contributed by atoms with van der Waals surface area (Å²) in [6, 6.07) is 10.3. The van der Waals surface area contributed by atoms with Gasteiger partial charge in [-0.1, -0.05) is 36.4 Å². The minimum atomic E-state index is -0.652. The van der Waals surface area contributed by atoms with E-state index in [1.807, 2.05) is 32.0 Å². The molecular formula is C12H14O. The number of aliphatic hydroxyl groups is 1. The third-order valence-corrected chi connectivity index (χ3v) is 2.44. The lowest BCUT2D eigenvalue weighted by molar-refractivity contribution is 0.123. The molecule has 1 nitrogen and oxygen atoms in total. The van der Waals surface area contributed by atoms with E-state index in [9.17, 15) is 5.11 Å². The van der Waals surface area contributed by atoms with Crippen LogP contribution in [0.2, 0.25) is 0 Å². The van der Waals surface area contributed by atoms with Crippen molar-refractivity contribution in [1.29, 1.82) is 0 Å². The van der Waals surface area contributed by atoms with Gasteiger partial charge in [-0.3, -0.25) is 0 Å². The molecule has 13 heavy (non-hydrogen) atoms. The van der Waals surface area contributed by atoms with E-state index in [0.29, 0.717) is 5.92 Å². The molecule has 1 aliphatic carbocycles. The Morgan fingerprint density at radius 1 is 1.15 bits per heavy atom. The lowest BCUT2D eigenvalue weighted by Crippen LogP contribution is -2.17. The van der Waals surface area contributed by atoms with Crippen molar-refractivity contribution in [2.24, 2.45) is 0 Å². The maximum atomic E-state index is 9.72. The van der Waals surface area contributed by atoms with Gasteiger partial charge in [-0.05, 0) is 25.0 Å². The Bertz CT molecular complexity index is 330. The first-order valence-electron chi connectivity index (χ1n) is 4.58. The van der Waals surface area contributed by atoms with Crippen molar-refractivity contribution in [3.63, 3.8) is 0 Å². The van der Waals surface area contributed by atoms with Gasteiger partial charge in [0, 0.05) is 5.92 Å². The molecule has 0 aliphatic heterocycles. The highest BCUT2D eigenvalue weighted by molar-refractivity contribution is 5.49. The fourth-order valence-electron chi connectivity index (χ4n) is 1.65. The van der Waals surface area contributed by atoms with Gasteiger partial charge in [-0.15, -0.1) is 0 Å². The van der Waals surface area contributed by atoms with Gasteiger partial charge in [0.2, 0.25) is 0 Å². The number of rotatable bonds is 2.